The van der Waals surface area contributed by atoms with Crippen LogP contribution < -0.4 is 5.32 Å². The number of aromatic amines is 1. The lowest BCUT2D eigenvalue weighted by atomic mass is 10.00. The van der Waals surface area contributed by atoms with Crippen molar-refractivity contribution < 1.29 is 9.59 Å². The van der Waals surface area contributed by atoms with Gasteiger partial charge < -0.3 is 10.3 Å². The van der Waals surface area contributed by atoms with Gasteiger partial charge in [-0.25, -0.2) is 4.98 Å². The second-order valence-electron chi connectivity index (χ2n) is 6.17. The van der Waals surface area contributed by atoms with E-state index in [9.17, 15) is 9.59 Å². The predicted octanol–water partition coefficient (Wildman–Crippen LogP) is 1.97. The number of aromatic nitrogens is 2. The summed E-state index contributed by atoms with van der Waals surface area (Å²) in [6.45, 7) is 8.41. The Bertz CT molecular complexity index is 488. The van der Waals surface area contributed by atoms with E-state index < -0.39 is 6.04 Å². The molecule has 0 bridgehead atoms. The fourth-order valence-electron chi connectivity index (χ4n) is 2.46. The van der Waals surface area contributed by atoms with Gasteiger partial charge in [-0.2, -0.15) is 0 Å². The number of carbonyl (C=O) groups is 2. The van der Waals surface area contributed by atoms with Crippen LogP contribution in [-0.4, -0.2) is 43.7 Å². The lowest BCUT2D eigenvalue weighted by molar-refractivity contribution is -0.130. The van der Waals surface area contributed by atoms with Gasteiger partial charge in [-0.05, 0) is 18.9 Å². The van der Waals surface area contributed by atoms with Crippen molar-refractivity contribution in [1.82, 2.24) is 20.2 Å². The van der Waals surface area contributed by atoms with Crippen LogP contribution in [-0.2, 0) is 16.1 Å². The Labute approximate surface area is 145 Å². The van der Waals surface area contributed by atoms with Crippen LogP contribution >= 0.6 is 22.6 Å². The summed E-state index contributed by atoms with van der Waals surface area (Å²) >= 11 is 1.75. The smallest absolute Gasteiger partial charge is 0.238 e. The molecule has 0 radical (unpaired) electrons. The number of hydrogen-bond acceptors (Lipinski definition) is 4. The van der Waals surface area contributed by atoms with Gasteiger partial charge >= 0.3 is 0 Å². The molecule has 1 aromatic heterocycles. The fourth-order valence-corrected chi connectivity index (χ4v) is 3.33. The predicted molar refractivity (Wildman–Crippen MR) is 94.5 cm³/mol. The highest BCUT2D eigenvalue weighted by atomic mass is 127. The summed E-state index contributed by atoms with van der Waals surface area (Å²) < 4.78 is -0.0443. The summed E-state index contributed by atoms with van der Waals surface area (Å²) in [4.78, 5) is 33.5. The third-order valence-corrected chi connectivity index (χ3v) is 4.21. The van der Waals surface area contributed by atoms with E-state index in [2.05, 4.69) is 15.3 Å². The SMILES string of the molecule is CC(C)[C@H](NC(=O)[C@H](C(C)C)N(C)Cc1ncc[nH]1)C(=O)I. The number of nitrogens with one attached hydrogen (secondary N) is 2. The molecule has 0 aromatic carbocycles. The number of hydrogen-bond donors (Lipinski definition) is 2. The molecule has 1 aromatic rings. The van der Waals surface area contributed by atoms with Crippen LogP contribution in [0.25, 0.3) is 0 Å². The van der Waals surface area contributed by atoms with Crippen molar-refractivity contribution in [2.45, 2.75) is 46.3 Å². The Kier molecular flexibility index (Phi) is 7.47. The van der Waals surface area contributed by atoms with Gasteiger partial charge in [0.15, 0.2) is 0 Å². The maximum atomic E-state index is 12.6. The molecule has 1 heterocycles. The summed E-state index contributed by atoms with van der Waals surface area (Å²) in [7, 11) is 1.89. The number of likely N-dealkylation sites (N-methyl/N-ethyl adjacent to an activating group) is 1. The highest BCUT2D eigenvalue weighted by Gasteiger charge is 2.31. The second-order valence-corrected chi connectivity index (χ2v) is 7.24. The van der Waals surface area contributed by atoms with E-state index in [0.717, 1.165) is 5.82 Å². The van der Waals surface area contributed by atoms with E-state index in [4.69, 9.17) is 0 Å². The molecule has 6 nitrogen and oxygen atoms in total. The zero-order valence-corrected chi connectivity index (χ0v) is 15.9. The normalized spacial score (nSPS) is 14.4. The fraction of sp³-hybridized carbons (Fsp3) is 0.667. The molecule has 0 aliphatic heterocycles. The van der Waals surface area contributed by atoms with E-state index in [0.29, 0.717) is 6.54 Å². The van der Waals surface area contributed by atoms with Gasteiger partial charge in [0.2, 0.25) is 9.70 Å². The van der Waals surface area contributed by atoms with Crippen molar-refractivity contribution in [3.8, 4) is 0 Å². The van der Waals surface area contributed by atoms with Crippen LogP contribution in [0.4, 0.5) is 0 Å². The van der Waals surface area contributed by atoms with E-state index in [-0.39, 0.29) is 27.6 Å². The molecule has 2 atom stereocenters. The molecule has 0 spiro atoms. The Hall–Kier alpha value is -0.960. The monoisotopic (exact) mass is 420 g/mol. The first kappa shape index (κ1) is 19.1. The standard InChI is InChI=1S/C15H25IN4O2/c1-9(2)12(14(16)21)19-15(22)13(10(3)4)20(5)8-11-17-6-7-18-11/h6-7,9-10,12-13H,8H2,1-5H3,(H,17,18)(H,19,22)/t12-,13-/m0/s1. The van der Waals surface area contributed by atoms with E-state index in [1.165, 1.54) is 0 Å². The second kappa shape index (κ2) is 8.61. The van der Waals surface area contributed by atoms with Crippen LogP contribution in [0.3, 0.4) is 0 Å². The average Bonchev–Trinajstić information content (AvgIpc) is 2.87. The largest absolute Gasteiger partial charge is 0.348 e. The van der Waals surface area contributed by atoms with Crippen LogP contribution in [0.2, 0.25) is 0 Å². The van der Waals surface area contributed by atoms with Gasteiger partial charge in [-0.3, -0.25) is 14.5 Å². The summed E-state index contributed by atoms with van der Waals surface area (Å²) in [6, 6.07) is -0.770. The summed E-state index contributed by atoms with van der Waals surface area (Å²) in [5.74, 6) is 0.882. The third kappa shape index (κ3) is 5.35. The van der Waals surface area contributed by atoms with Gasteiger partial charge in [0.05, 0.1) is 18.6 Å². The highest BCUT2D eigenvalue weighted by Crippen LogP contribution is 2.14. The topological polar surface area (TPSA) is 78.1 Å². The quantitative estimate of drug-likeness (QED) is 0.498. The van der Waals surface area contributed by atoms with Gasteiger partial charge in [0, 0.05) is 35.0 Å². The number of nitrogens with zero attached hydrogens (tertiary/aromatic N) is 2. The first-order chi connectivity index (χ1) is 10.2. The Morgan fingerprint density at radius 1 is 1.32 bits per heavy atom. The molecule has 0 fully saturated rings. The Morgan fingerprint density at radius 2 is 1.95 bits per heavy atom. The van der Waals surface area contributed by atoms with E-state index in [1.54, 1.807) is 35.0 Å². The first-order valence-corrected chi connectivity index (χ1v) is 8.50. The maximum absolute atomic E-state index is 12.6. The molecule has 7 heteroatoms. The van der Waals surface area contributed by atoms with Crippen molar-refractivity contribution in [2.24, 2.45) is 11.8 Å². The molecule has 1 amide bonds. The van der Waals surface area contributed by atoms with Crippen molar-refractivity contribution >= 4 is 32.3 Å². The average molecular weight is 420 g/mol. The van der Waals surface area contributed by atoms with E-state index >= 15 is 0 Å². The molecule has 124 valence electrons. The molecule has 0 saturated carbocycles. The Balaban J connectivity index is 2.80. The number of amides is 1. The summed E-state index contributed by atoms with van der Waals surface area (Å²) in [5, 5.41) is 2.89. The number of rotatable bonds is 8. The zero-order valence-electron chi connectivity index (χ0n) is 13.8. The van der Waals surface area contributed by atoms with Crippen molar-refractivity contribution in [3.63, 3.8) is 0 Å². The molecule has 2 N–H and O–H groups in total. The van der Waals surface area contributed by atoms with Gasteiger partial charge in [-0.1, -0.05) is 27.7 Å². The number of carbonyl (C=O) groups excluding carboxylic acids is 2. The number of imidazole rings is 1. The van der Waals surface area contributed by atoms with Gasteiger partial charge in [-0.15, -0.1) is 0 Å². The molecule has 0 aliphatic carbocycles. The molecule has 1 rings (SSSR count). The number of halogens is 1. The van der Waals surface area contributed by atoms with Crippen molar-refractivity contribution in [1.29, 1.82) is 0 Å². The summed E-state index contributed by atoms with van der Waals surface area (Å²) in [6.07, 6.45) is 3.45. The third-order valence-electron chi connectivity index (χ3n) is 3.54. The molecule has 0 aliphatic rings. The van der Waals surface area contributed by atoms with Crippen LogP contribution in [0.15, 0.2) is 12.4 Å². The molecule has 0 saturated heterocycles. The first-order valence-electron chi connectivity index (χ1n) is 7.42. The molecular weight excluding hydrogens is 395 g/mol. The van der Waals surface area contributed by atoms with Gasteiger partial charge in [0.25, 0.3) is 0 Å². The van der Waals surface area contributed by atoms with Crippen LogP contribution in [0.5, 0.6) is 0 Å². The minimum absolute atomic E-state index is 0.0443. The van der Waals surface area contributed by atoms with Crippen LogP contribution in [0.1, 0.15) is 33.5 Å². The Morgan fingerprint density at radius 3 is 2.36 bits per heavy atom. The molecular formula is C15H25IN4O2. The highest BCUT2D eigenvalue weighted by molar-refractivity contribution is 14.1. The number of H-pyrrole nitrogens is 1. The van der Waals surface area contributed by atoms with E-state index in [1.807, 2.05) is 39.6 Å². The van der Waals surface area contributed by atoms with Gasteiger partial charge in [0.1, 0.15) is 5.82 Å². The minimum atomic E-state index is -0.452. The zero-order chi connectivity index (χ0) is 16.9. The lowest BCUT2D eigenvalue weighted by Crippen LogP contribution is -2.53. The summed E-state index contributed by atoms with van der Waals surface area (Å²) in [5.41, 5.74) is 0. The maximum Gasteiger partial charge on any atom is 0.238 e. The van der Waals surface area contributed by atoms with Crippen LogP contribution in [0, 0.1) is 11.8 Å². The molecule has 22 heavy (non-hydrogen) atoms. The molecule has 0 unspecified atom stereocenters. The van der Waals surface area contributed by atoms with Crippen molar-refractivity contribution in [2.75, 3.05) is 7.05 Å². The lowest BCUT2D eigenvalue weighted by Gasteiger charge is -2.31. The van der Waals surface area contributed by atoms with Crippen molar-refractivity contribution in [3.05, 3.63) is 18.2 Å². The minimum Gasteiger partial charge on any atom is -0.348 e.